The molecule has 0 aromatic heterocycles. The van der Waals surface area contributed by atoms with Gasteiger partial charge in [0.05, 0.1) is 11.6 Å². The molecule has 1 saturated heterocycles. The second kappa shape index (κ2) is 5.17. The predicted octanol–water partition coefficient (Wildman–Crippen LogP) is 1.22. The summed E-state index contributed by atoms with van der Waals surface area (Å²) in [5.41, 5.74) is 1.37. The third kappa shape index (κ3) is 2.16. The minimum Gasteiger partial charge on any atom is -0.329 e. The van der Waals surface area contributed by atoms with Gasteiger partial charge in [-0.1, -0.05) is 18.2 Å². The molecule has 1 aromatic carbocycles. The van der Waals surface area contributed by atoms with E-state index in [-0.39, 0.29) is 17.5 Å². The molecule has 5 nitrogen and oxygen atoms in total. The Kier molecular flexibility index (Phi) is 3.57. The van der Waals surface area contributed by atoms with Crippen LogP contribution >= 0.6 is 0 Å². The summed E-state index contributed by atoms with van der Waals surface area (Å²) in [5.74, 6) is -0.375. The molecule has 1 unspecified atom stereocenters. The lowest BCUT2D eigenvalue weighted by Gasteiger charge is -2.36. The maximum Gasteiger partial charge on any atom is 0.270 e. The van der Waals surface area contributed by atoms with Gasteiger partial charge in [-0.2, -0.15) is 5.26 Å². The summed E-state index contributed by atoms with van der Waals surface area (Å²) in [5, 5.41) is 9.07. The molecule has 1 aromatic rings. The van der Waals surface area contributed by atoms with Crippen LogP contribution in [0.1, 0.15) is 18.1 Å². The first-order valence-electron chi connectivity index (χ1n) is 6.23. The van der Waals surface area contributed by atoms with Gasteiger partial charge >= 0.3 is 0 Å². The fourth-order valence-corrected chi connectivity index (χ4v) is 2.10. The molecule has 0 aliphatic carbocycles. The van der Waals surface area contributed by atoms with E-state index in [2.05, 4.69) is 6.07 Å². The fraction of sp³-hybridized carbons (Fsp3) is 0.267. The normalized spacial score (nSPS) is 21.3. The van der Waals surface area contributed by atoms with Gasteiger partial charge in [0.2, 0.25) is 5.91 Å². The first kappa shape index (κ1) is 13.8. The SMILES string of the molecule is CC1C(=O)N(C)/C(=C\c2ccccc2C#N)C(=O)N1C. The Labute approximate surface area is 117 Å². The van der Waals surface area contributed by atoms with Gasteiger partial charge in [-0.15, -0.1) is 0 Å². The highest BCUT2D eigenvalue weighted by Gasteiger charge is 2.36. The molecule has 1 aliphatic heterocycles. The maximum absolute atomic E-state index is 12.3. The molecule has 0 bridgehead atoms. The first-order valence-corrected chi connectivity index (χ1v) is 6.23. The Morgan fingerprint density at radius 1 is 1.25 bits per heavy atom. The number of amides is 2. The fourth-order valence-electron chi connectivity index (χ4n) is 2.10. The van der Waals surface area contributed by atoms with Crippen molar-refractivity contribution in [1.82, 2.24) is 9.80 Å². The van der Waals surface area contributed by atoms with Crippen LogP contribution in [-0.4, -0.2) is 41.8 Å². The summed E-state index contributed by atoms with van der Waals surface area (Å²) in [6, 6.07) is 8.56. The molecule has 0 saturated carbocycles. The summed E-state index contributed by atoms with van der Waals surface area (Å²) in [4.78, 5) is 27.1. The van der Waals surface area contributed by atoms with Crippen LogP contribution in [0.4, 0.5) is 0 Å². The lowest BCUT2D eigenvalue weighted by Crippen LogP contribution is -2.54. The molecule has 1 fully saturated rings. The molecule has 2 rings (SSSR count). The van der Waals surface area contributed by atoms with Crippen molar-refractivity contribution in [3.05, 3.63) is 41.1 Å². The third-order valence-electron chi connectivity index (χ3n) is 3.54. The van der Waals surface area contributed by atoms with E-state index in [1.54, 1.807) is 51.4 Å². The number of rotatable bonds is 1. The van der Waals surface area contributed by atoms with Crippen LogP contribution in [0, 0.1) is 11.3 Å². The Balaban J connectivity index is 2.50. The van der Waals surface area contributed by atoms with Crippen molar-refractivity contribution in [2.45, 2.75) is 13.0 Å². The molecule has 1 aliphatic rings. The van der Waals surface area contributed by atoms with Crippen LogP contribution in [0.15, 0.2) is 30.0 Å². The highest BCUT2D eigenvalue weighted by molar-refractivity contribution is 6.07. The van der Waals surface area contributed by atoms with Crippen LogP contribution in [-0.2, 0) is 9.59 Å². The van der Waals surface area contributed by atoms with Gasteiger partial charge in [0.1, 0.15) is 11.7 Å². The van der Waals surface area contributed by atoms with E-state index in [1.807, 2.05) is 0 Å². The molecule has 0 spiro atoms. The predicted molar refractivity (Wildman–Crippen MR) is 74.1 cm³/mol. The van der Waals surface area contributed by atoms with E-state index in [9.17, 15) is 9.59 Å². The Morgan fingerprint density at radius 3 is 2.55 bits per heavy atom. The van der Waals surface area contributed by atoms with Crippen molar-refractivity contribution >= 4 is 17.9 Å². The molecular weight excluding hydrogens is 254 g/mol. The minimum absolute atomic E-state index is 0.146. The van der Waals surface area contributed by atoms with E-state index < -0.39 is 6.04 Å². The van der Waals surface area contributed by atoms with Gasteiger partial charge in [0.25, 0.3) is 5.91 Å². The van der Waals surface area contributed by atoms with E-state index in [0.29, 0.717) is 11.1 Å². The van der Waals surface area contributed by atoms with Gasteiger partial charge in [0.15, 0.2) is 0 Å². The lowest BCUT2D eigenvalue weighted by atomic mass is 10.0. The van der Waals surface area contributed by atoms with Crippen molar-refractivity contribution in [3.63, 3.8) is 0 Å². The summed E-state index contributed by atoms with van der Waals surface area (Å²) in [7, 11) is 3.17. The summed E-state index contributed by atoms with van der Waals surface area (Å²) in [6.07, 6.45) is 1.58. The van der Waals surface area contributed by atoms with Crippen LogP contribution < -0.4 is 0 Å². The smallest absolute Gasteiger partial charge is 0.270 e. The minimum atomic E-state index is -0.476. The molecule has 1 heterocycles. The average Bonchev–Trinajstić information content (AvgIpc) is 2.48. The third-order valence-corrected chi connectivity index (χ3v) is 3.54. The van der Waals surface area contributed by atoms with Crippen molar-refractivity contribution < 1.29 is 9.59 Å². The zero-order valence-corrected chi connectivity index (χ0v) is 11.6. The van der Waals surface area contributed by atoms with Gasteiger partial charge in [-0.25, -0.2) is 0 Å². The molecule has 1 atom stereocenters. The van der Waals surface area contributed by atoms with Crippen molar-refractivity contribution in [2.75, 3.05) is 14.1 Å². The molecular formula is C15H15N3O2. The van der Waals surface area contributed by atoms with Crippen LogP contribution in [0.5, 0.6) is 0 Å². The second-order valence-electron chi connectivity index (χ2n) is 4.72. The first-order chi connectivity index (χ1) is 9.47. The Hall–Kier alpha value is -2.61. The number of benzene rings is 1. The van der Waals surface area contributed by atoms with Gasteiger partial charge < -0.3 is 9.80 Å². The summed E-state index contributed by atoms with van der Waals surface area (Å²) in [6.45, 7) is 1.69. The number of likely N-dealkylation sites (N-methyl/N-ethyl adjacent to an activating group) is 2. The van der Waals surface area contributed by atoms with E-state index in [1.165, 1.54) is 9.80 Å². The van der Waals surface area contributed by atoms with Crippen molar-refractivity contribution in [3.8, 4) is 6.07 Å². The number of piperazine rings is 1. The molecule has 102 valence electrons. The van der Waals surface area contributed by atoms with E-state index in [0.717, 1.165) is 0 Å². The van der Waals surface area contributed by atoms with Crippen LogP contribution in [0.3, 0.4) is 0 Å². The number of nitrogens with zero attached hydrogens (tertiary/aromatic N) is 3. The number of carbonyl (C=O) groups is 2. The van der Waals surface area contributed by atoms with E-state index >= 15 is 0 Å². The molecule has 20 heavy (non-hydrogen) atoms. The summed E-state index contributed by atoms with van der Waals surface area (Å²) >= 11 is 0. The number of hydrogen-bond donors (Lipinski definition) is 0. The Bertz CT molecular complexity index is 643. The number of nitriles is 1. The quantitative estimate of drug-likeness (QED) is 0.720. The number of carbonyl (C=O) groups excluding carboxylic acids is 2. The van der Waals surface area contributed by atoms with Crippen LogP contribution in [0.25, 0.3) is 6.08 Å². The van der Waals surface area contributed by atoms with Crippen LogP contribution in [0.2, 0.25) is 0 Å². The van der Waals surface area contributed by atoms with Gasteiger partial charge in [0, 0.05) is 14.1 Å². The summed E-state index contributed by atoms with van der Waals surface area (Å²) < 4.78 is 0. The van der Waals surface area contributed by atoms with Crippen molar-refractivity contribution in [1.29, 1.82) is 5.26 Å². The lowest BCUT2D eigenvalue weighted by molar-refractivity contribution is -0.147. The second-order valence-corrected chi connectivity index (χ2v) is 4.72. The van der Waals surface area contributed by atoms with Gasteiger partial charge in [-0.3, -0.25) is 9.59 Å². The number of hydrogen-bond acceptors (Lipinski definition) is 3. The topological polar surface area (TPSA) is 64.4 Å². The molecule has 5 heteroatoms. The highest BCUT2D eigenvalue weighted by atomic mass is 16.2. The highest BCUT2D eigenvalue weighted by Crippen LogP contribution is 2.21. The zero-order valence-electron chi connectivity index (χ0n) is 11.6. The monoisotopic (exact) mass is 269 g/mol. The van der Waals surface area contributed by atoms with Crippen molar-refractivity contribution in [2.24, 2.45) is 0 Å². The maximum atomic E-state index is 12.3. The standard InChI is InChI=1S/C15H15N3O2/c1-10-14(19)18(3)13(15(20)17(10)2)8-11-6-4-5-7-12(11)9-16/h4-8,10H,1-3H3/b13-8-. The zero-order chi connectivity index (χ0) is 14.9. The Morgan fingerprint density at radius 2 is 1.90 bits per heavy atom. The largest absolute Gasteiger partial charge is 0.329 e. The van der Waals surface area contributed by atoms with E-state index in [4.69, 9.17) is 5.26 Å². The molecule has 0 radical (unpaired) electrons. The molecule has 0 N–H and O–H groups in total. The average molecular weight is 269 g/mol. The van der Waals surface area contributed by atoms with Gasteiger partial charge in [-0.05, 0) is 24.6 Å². The molecule has 2 amide bonds.